The van der Waals surface area contributed by atoms with E-state index in [9.17, 15) is 0 Å². The van der Waals surface area contributed by atoms with Gasteiger partial charge in [0.25, 0.3) is 0 Å². The van der Waals surface area contributed by atoms with Gasteiger partial charge in [-0.15, -0.1) is 0 Å². The molecule has 3 aromatic rings. The fraction of sp³-hybridized carbons (Fsp3) is 0.286. The van der Waals surface area contributed by atoms with Crippen molar-refractivity contribution in [2.75, 3.05) is 0 Å². The molecule has 0 aliphatic carbocycles. The smallest absolute Gasteiger partial charge is 0.105 e. The van der Waals surface area contributed by atoms with Crippen LogP contribution in [0.5, 0.6) is 0 Å². The fourth-order valence-corrected chi connectivity index (χ4v) is 2.95. The van der Waals surface area contributed by atoms with Crippen LogP contribution in [0.1, 0.15) is 33.6 Å². The van der Waals surface area contributed by atoms with E-state index < -0.39 is 0 Å². The van der Waals surface area contributed by atoms with Crippen LogP contribution < -0.4 is 5.32 Å². The van der Waals surface area contributed by atoms with Crippen LogP contribution in [0, 0.1) is 20.8 Å². The molecule has 24 heavy (non-hydrogen) atoms. The molecule has 3 heteroatoms. The SMILES string of the molecule is Cc1cccc(CNCc2cccc(Cn3ccnc3C)c2)c1C. The van der Waals surface area contributed by atoms with E-state index in [1.165, 1.54) is 27.8 Å². The van der Waals surface area contributed by atoms with Crippen molar-refractivity contribution in [3.63, 3.8) is 0 Å². The topological polar surface area (TPSA) is 29.9 Å². The second-order valence-electron chi connectivity index (χ2n) is 6.38. The Balaban J connectivity index is 1.61. The summed E-state index contributed by atoms with van der Waals surface area (Å²) in [6, 6.07) is 15.3. The Morgan fingerprint density at radius 2 is 1.75 bits per heavy atom. The molecule has 0 aliphatic heterocycles. The van der Waals surface area contributed by atoms with Gasteiger partial charge in [-0.1, -0.05) is 42.5 Å². The lowest BCUT2D eigenvalue weighted by atomic mass is 10.0. The summed E-state index contributed by atoms with van der Waals surface area (Å²) in [6.45, 7) is 9.05. The number of aryl methyl sites for hydroxylation is 2. The van der Waals surface area contributed by atoms with Gasteiger partial charge in [-0.25, -0.2) is 4.98 Å². The van der Waals surface area contributed by atoms with Crippen LogP contribution in [-0.2, 0) is 19.6 Å². The molecule has 0 aliphatic rings. The Labute approximate surface area is 144 Å². The number of rotatable bonds is 6. The molecular weight excluding hydrogens is 294 g/mol. The third-order valence-corrected chi connectivity index (χ3v) is 4.63. The molecule has 0 bridgehead atoms. The molecule has 0 spiro atoms. The van der Waals surface area contributed by atoms with Crippen molar-refractivity contribution in [1.29, 1.82) is 0 Å². The highest BCUT2D eigenvalue weighted by atomic mass is 15.0. The average molecular weight is 319 g/mol. The number of hydrogen-bond donors (Lipinski definition) is 1. The van der Waals surface area contributed by atoms with Gasteiger partial charge >= 0.3 is 0 Å². The van der Waals surface area contributed by atoms with Crippen LogP contribution in [0.15, 0.2) is 54.9 Å². The quantitative estimate of drug-likeness (QED) is 0.740. The number of hydrogen-bond acceptors (Lipinski definition) is 2. The standard InChI is InChI=1S/C21H25N3/c1-16-6-4-9-21(17(16)2)14-22-13-19-7-5-8-20(12-19)15-24-11-10-23-18(24)3/h4-12,22H,13-15H2,1-3H3. The van der Waals surface area contributed by atoms with Gasteiger partial charge in [0.15, 0.2) is 0 Å². The van der Waals surface area contributed by atoms with Gasteiger partial charge in [0.2, 0.25) is 0 Å². The lowest BCUT2D eigenvalue weighted by Crippen LogP contribution is -2.14. The van der Waals surface area contributed by atoms with Gasteiger partial charge in [0.1, 0.15) is 5.82 Å². The van der Waals surface area contributed by atoms with E-state index in [0.29, 0.717) is 0 Å². The Hall–Kier alpha value is -2.39. The summed E-state index contributed by atoms with van der Waals surface area (Å²) in [7, 11) is 0. The second kappa shape index (κ2) is 7.45. The van der Waals surface area contributed by atoms with Gasteiger partial charge in [-0.05, 0) is 48.6 Å². The van der Waals surface area contributed by atoms with E-state index in [2.05, 4.69) is 71.2 Å². The summed E-state index contributed by atoms with van der Waals surface area (Å²) in [4.78, 5) is 4.28. The molecule has 1 N–H and O–H groups in total. The molecular formula is C21H25N3. The molecule has 0 fully saturated rings. The van der Waals surface area contributed by atoms with Crippen molar-refractivity contribution in [3.05, 3.63) is 88.5 Å². The highest BCUT2D eigenvalue weighted by Gasteiger charge is 2.02. The third kappa shape index (κ3) is 3.92. The van der Waals surface area contributed by atoms with E-state index in [0.717, 1.165) is 25.5 Å². The van der Waals surface area contributed by atoms with Crippen LogP contribution in [-0.4, -0.2) is 9.55 Å². The zero-order valence-electron chi connectivity index (χ0n) is 14.7. The van der Waals surface area contributed by atoms with Crippen molar-refractivity contribution in [1.82, 2.24) is 14.9 Å². The molecule has 0 unspecified atom stereocenters. The lowest BCUT2D eigenvalue weighted by molar-refractivity contribution is 0.687. The summed E-state index contributed by atoms with van der Waals surface area (Å²) >= 11 is 0. The van der Waals surface area contributed by atoms with Gasteiger partial charge in [0, 0.05) is 32.0 Å². The van der Waals surface area contributed by atoms with Crippen molar-refractivity contribution >= 4 is 0 Å². The molecule has 3 nitrogen and oxygen atoms in total. The van der Waals surface area contributed by atoms with Gasteiger partial charge in [0.05, 0.1) is 0 Å². The van der Waals surface area contributed by atoms with Crippen LogP contribution >= 0.6 is 0 Å². The first-order chi connectivity index (χ1) is 11.6. The highest BCUT2D eigenvalue weighted by Crippen LogP contribution is 2.13. The van der Waals surface area contributed by atoms with Crippen molar-refractivity contribution in [2.45, 2.75) is 40.4 Å². The zero-order valence-corrected chi connectivity index (χ0v) is 14.7. The first kappa shape index (κ1) is 16.5. The number of aromatic nitrogens is 2. The molecule has 1 aromatic heterocycles. The second-order valence-corrected chi connectivity index (χ2v) is 6.38. The average Bonchev–Trinajstić information content (AvgIpc) is 2.97. The van der Waals surface area contributed by atoms with Crippen LogP contribution in [0.2, 0.25) is 0 Å². The molecule has 0 saturated carbocycles. The van der Waals surface area contributed by atoms with Crippen molar-refractivity contribution in [2.24, 2.45) is 0 Å². The third-order valence-electron chi connectivity index (χ3n) is 4.63. The van der Waals surface area contributed by atoms with Gasteiger partial charge < -0.3 is 9.88 Å². The minimum atomic E-state index is 0.872. The maximum absolute atomic E-state index is 4.28. The minimum absolute atomic E-state index is 0.872. The summed E-state index contributed by atoms with van der Waals surface area (Å²) in [5, 5.41) is 3.56. The maximum Gasteiger partial charge on any atom is 0.105 e. The first-order valence-corrected chi connectivity index (χ1v) is 8.45. The van der Waals surface area contributed by atoms with E-state index in [-0.39, 0.29) is 0 Å². The Morgan fingerprint density at radius 1 is 0.958 bits per heavy atom. The van der Waals surface area contributed by atoms with Crippen LogP contribution in [0.4, 0.5) is 0 Å². The Bertz CT molecular complexity index is 817. The molecule has 124 valence electrons. The van der Waals surface area contributed by atoms with Crippen molar-refractivity contribution in [3.8, 4) is 0 Å². The van der Waals surface area contributed by atoms with E-state index in [4.69, 9.17) is 0 Å². The minimum Gasteiger partial charge on any atom is -0.331 e. The molecule has 0 atom stereocenters. The summed E-state index contributed by atoms with van der Waals surface area (Å²) in [5.41, 5.74) is 6.74. The lowest BCUT2D eigenvalue weighted by Gasteiger charge is -2.11. The maximum atomic E-state index is 4.28. The fourth-order valence-electron chi connectivity index (χ4n) is 2.95. The summed E-state index contributed by atoms with van der Waals surface area (Å²) < 4.78 is 2.17. The molecule has 3 rings (SSSR count). The summed E-state index contributed by atoms with van der Waals surface area (Å²) in [5.74, 6) is 1.05. The largest absolute Gasteiger partial charge is 0.331 e. The van der Waals surface area contributed by atoms with E-state index >= 15 is 0 Å². The number of nitrogens with zero attached hydrogens (tertiary/aromatic N) is 2. The van der Waals surface area contributed by atoms with E-state index in [1.54, 1.807) is 0 Å². The first-order valence-electron chi connectivity index (χ1n) is 8.45. The number of nitrogens with one attached hydrogen (secondary N) is 1. The molecule has 0 radical (unpaired) electrons. The van der Waals surface area contributed by atoms with Gasteiger partial charge in [-0.2, -0.15) is 0 Å². The Morgan fingerprint density at radius 3 is 2.54 bits per heavy atom. The Kier molecular flexibility index (Phi) is 5.11. The number of benzene rings is 2. The predicted octanol–water partition coefficient (Wildman–Crippen LogP) is 4.15. The monoisotopic (exact) mass is 319 g/mol. The molecule has 0 saturated heterocycles. The summed E-state index contributed by atoms with van der Waals surface area (Å²) in [6.07, 6.45) is 3.88. The van der Waals surface area contributed by atoms with Crippen LogP contribution in [0.25, 0.3) is 0 Å². The predicted molar refractivity (Wildman–Crippen MR) is 99.0 cm³/mol. The molecule has 1 heterocycles. The number of imidazole rings is 1. The van der Waals surface area contributed by atoms with Crippen molar-refractivity contribution < 1.29 is 0 Å². The molecule has 2 aromatic carbocycles. The molecule has 0 amide bonds. The zero-order chi connectivity index (χ0) is 16.9. The highest BCUT2D eigenvalue weighted by molar-refractivity contribution is 5.33. The normalized spacial score (nSPS) is 11.0. The van der Waals surface area contributed by atoms with Crippen LogP contribution in [0.3, 0.4) is 0 Å². The van der Waals surface area contributed by atoms with E-state index in [1.807, 2.05) is 19.3 Å². The van der Waals surface area contributed by atoms with Gasteiger partial charge in [-0.3, -0.25) is 0 Å².